The Kier molecular flexibility index (Phi) is 5.81. The van der Waals surface area contributed by atoms with Crippen LogP contribution in [-0.4, -0.2) is 46.4 Å². The summed E-state index contributed by atoms with van der Waals surface area (Å²) < 4.78 is 10.6. The maximum absolute atomic E-state index is 12.8. The number of H-pyrrole nitrogens is 1. The first-order valence-electron chi connectivity index (χ1n) is 9.67. The molecule has 3 rings (SSSR count). The highest BCUT2D eigenvalue weighted by atomic mass is 16.6. The van der Waals surface area contributed by atoms with Crippen LogP contribution < -0.4 is 10.1 Å². The second kappa shape index (κ2) is 8.14. The molecule has 1 aliphatic heterocycles. The Hall–Kier alpha value is -3.03. The molecule has 0 aliphatic carbocycles. The fourth-order valence-corrected chi connectivity index (χ4v) is 3.21. The molecule has 0 radical (unpaired) electrons. The van der Waals surface area contributed by atoms with E-state index in [-0.39, 0.29) is 18.0 Å². The summed E-state index contributed by atoms with van der Waals surface area (Å²) in [7, 11) is 1.61. The van der Waals surface area contributed by atoms with Gasteiger partial charge in [-0.1, -0.05) is 12.1 Å². The molecule has 2 aromatic rings. The van der Waals surface area contributed by atoms with Crippen molar-refractivity contribution < 1.29 is 19.1 Å². The summed E-state index contributed by atoms with van der Waals surface area (Å²) in [6.45, 7) is 8.21. The average molecular weight is 400 g/mol. The molecule has 0 saturated heterocycles. The lowest BCUT2D eigenvalue weighted by atomic mass is 10.0. The van der Waals surface area contributed by atoms with Gasteiger partial charge in [0.05, 0.1) is 19.7 Å². The van der Waals surface area contributed by atoms with Crippen LogP contribution in [0.1, 0.15) is 61.0 Å². The SMILES string of the molecule is COc1ccc(C(C)NC(=O)c2n[nH]c3c2CN(C(=O)OC(C)(C)C)CC3)cc1. The highest BCUT2D eigenvalue weighted by Crippen LogP contribution is 2.23. The van der Waals surface area contributed by atoms with Gasteiger partial charge in [-0.3, -0.25) is 9.89 Å². The first-order chi connectivity index (χ1) is 13.7. The smallest absolute Gasteiger partial charge is 0.410 e. The number of amides is 2. The Morgan fingerprint density at radius 3 is 2.55 bits per heavy atom. The van der Waals surface area contributed by atoms with Crippen LogP contribution in [0.15, 0.2) is 24.3 Å². The number of aromatic amines is 1. The standard InChI is InChI=1S/C21H28N4O4/c1-13(14-6-8-15(28-5)9-7-14)22-19(26)18-16-12-25(11-10-17(16)23-24-18)20(27)29-21(2,3)4/h6-9,13H,10-12H2,1-5H3,(H,22,26)(H,23,24). The highest BCUT2D eigenvalue weighted by Gasteiger charge is 2.30. The van der Waals surface area contributed by atoms with Crippen molar-refractivity contribution in [3.63, 3.8) is 0 Å². The molecule has 1 aromatic heterocycles. The molecule has 1 aliphatic rings. The molecular weight excluding hydrogens is 372 g/mol. The van der Waals surface area contributed by atoms with Gasteiger partial charge in [0, 0.05) is 24.2 Å². The van der Waals surface area contributed by atoms with Crippen LogP contribution in [0.2, 0.25) is 0 Å². The molecule has 29 heavy (non-hydrogen) atoms. The van der Waals surface area contributed by atoms with E-state index >= 15 is 0 Å². The van der Waals surface area contributed by atoms with E-state index in [4.69, 9.17) is 9.47 Å². The van der Waals surface area contributed by atoms with Crippen molar-refractivity contribution >= 4 is 12.0 Å². The molecule has 2 heterocycles. The number of aromatic nitrogens is 2. The number of benzene rings is 1. The van der Waals surface area contributed by atoms with Crippen molar-refractivity contribution in [2.24, 2.45) is 0 Å². The van der Waals surface area contributed by atoms with E-state index in [2.05, 4.69) is 15.5 Å². The number of hydrogen-bond donors (Lipinski definition) is 2. The van der Waals surface area contributed by atoms with Gasteiger partial charge in [0.15, 0.2) is 5.69 Å². The number of rotatable bonds is 4. The van der Waals surface area contributed by atoms with Crippen LogP contribution in [0.25, 0.3) is 0 Å². The molecule has 0 bridgehead atoms. The summed E-state index contributed by atoms with van der Waals surface area (Å²) in [5.41, 5.74) is 2.32. The van der Waals surface area contributed by atoms with Gasteiger partial charge < -0.3 is 19.7 Å². The molecule has 1 aromatic carbocycles. The fraction of sp³-hybridized carbons (Fsp3) is 0.476. The first kappa shape index (κ1) is 20.7. The topological polar surface area (TPSA) is 96.5 Å². The third-order valence-corrected chi connectivity index (χ3v) is 4.76. The molecular formula is C21H28N4O4. The minimum Gasteiger partial charge on any atom is -0.497 e. The lowest BCUT2D eigenvalue weighted by Crippen LogP contribution is -2.40. The van der Waals surface area contributed by atoms with Crippen molar-refractivity contribution in [2.45, 2.75) is 52.3 Å². The predicted molar refractivity (Wildman–Crippen MR) is 108 cm³/mol. The van der Waals surface area contributed by atoms with Gasteiger partial charge in [0.25, 0.3) is 5.91 Å². The monoisotopic (exact) mass is 400 g/mol. The van der Waals surface area contributed by atoms with Crippen LogP contribution >= 0.6 is 0 Å². The molecule has 156 valence electrons. The summed E-state index contributed by atoms with van der Waals surface area (Å²) in [5.74, 6) is 0.479. The van der Waals surface area contributed by atoms with E-state index in [0.29, 0.717) is 25.2 Å². The highest BCUT2D eigenvalue weighted by molar-refractivity contribution is 5.94. The Labute approximate surface area is 170 Å². The van der Waals surface area contributed by atoms with Crippen LogP contribution in [0.5, 0.6) is 5.75 Å². The molecule has 0 fully saturated rings. The quantitative estimate of drug-likeness (QED) is 0.822. The Morgan fingerprint density at radius 2 is 1.93 bits per heavy atom. The molecule has 2 N–H and O–H groups in total. The van der Waals surface area contributed by atoms with Gasteiger partial charge in [-0.15, -0.1) is 0 Å². The number of fused-ring (bicyclic) bond motifs is 1. The summed E-state index contributed by atoms with van der Waals surface area (Å²) >= 11 is 0. The zero-order valence-corrected chi connectivity index (χ0v) is 17.5. The van der Waals surface area contributed by atoms with E-state index in [1.165, 1.54) is 0 Å². The summed E-state index contributed by atoms with van der Waals surface area (Å²) in [6, 6.07) is 7.33. The number of carbonyl (C=O) groups is 2. The van der Waals surface area contributed by atoms with Gasteiger partial charge in [0.1, 0.15) is 11.4 Å². The summed E-state index contributed by atoms with van der Waals surface area (Å²) in [5, 5.41) is 10.1. The van der Waals surface area contributed by atoms with E-state index in [1.54, 1.807) is 12.0 Å². The van der Waals surface area contributed by atoms with Gasteiger partial charge in [-0.2, -0.15) is 5.10 Å². The van der Waals surface area contributed by atoms with Gasteiger partial charge in [-0.25, -0.2) is 4.79 Å². The average Bonchev–Trinajstić information content (AvgIpc) is 3.10. The second-order valence-corrected chi connectivity index (χ2v) is 8.15. The molecule has 8 nitrogen and oxygen atoms in total. The summed E-state index contributed by atoms with van der Waals surface area (Å²) in [6.07, 6.45) is 0.213. The normalized spacial score (nSPS) is 14.7. The number of hydrogen-bond acceptors (Lipinski definition) is 5. The number of nitrogens with one attached hydrogen (secondary N) is 2. The molecule has 1 atom stereocenters. The van der Waals surface area contributed by atoms with Crippen molar-refractivity contribution in [1.82, 2.24) is 20.4 Å². The van der Waals surface area contributed by atoms with Gasteiger partial charge >= 0.3 is 6.09 Å². The summed E-state index contributed by atoms with van der Waals surface area (Å²) in [4.78, 5) is 26.8. The lowest BCUT2D eigenvalue weighted by Gasteiger charge is -2.30. The Bertz CT molecular complexity index is 883. The molecule has 0 spiro atoms. The van der Waals surface area contributed by atoms with Crippen molar-refractivity contribution in [3.8, 4) is 5.75 Å². The zero-order valence-electron chi connectivity index (χ0n) is 17.5. The maximum atomic E-state index is 12.8. The van der Waals surface area contributed by atoms with Crippen molar-refractivity contribution in [2.75, 3.05) is 13.7 Å². The minimum absolute atomic E-state index is 0.202. The molecule has 8 heteroatoms. The van der Waals surface area contributed by atoms with E-state index in [0.717, 1.165) is 22.6 Å². The number of methoxy groups -OCH3 is 1. The lowest BCUT2D eigenvalue weighted by molar-refractivity contribution is 0.0222. The predicted octanol–water partition coefficient (Wildman–Crippen LogP) is 3.20. The number of ether oxygens (including phenoxy) is 2. The molecule has 1 unspecified atom stereocenters. The van der Waals surface area contributed by atoms with Gasteiger partial charge in [0.2, 0.25) is 0 Å². The number of carbonyl (C=O) groups excluding carboxylic acids is 2. The van der Waals surface area contributed by atoms with E-state index in [9.17, 15) is 9.59 Å². The van der Waals surface area contributed by atoms with Crippen molar-refractivity contribution in [1.29, 1.82) is 0 Å². The maximum Gasteiger partial charge on any atom is 0.410 e. The van der Waals surface area contributed by atoms with Crippen LogP contribution in [0, 0.1) is 0 Å². The molecule has 2 amide bonds. The number of nitrogens with zero attached hydrogens (tertiary/aromatic N) is 2. The first-order valence-corrected chi connectivity index (χ1v) is 9.67. The molecule has 0 saturated carbocycles. The zero-order chi connectivity index (χ0) is 21.2. The van der Waals surface area contributed by atoms with E-state index < -0.39 is 5.60 Å². The second-order valence-electron chi connectivity index (χ2n) is 8.15. The van der Waals surface area contributed by atoms with Crippen LogP contribution in [-0.2, 0) is 17.7 Å². The van der Waals surface area contributed by atoms with Gasteiger partial charge in [-0.05, 0) is 45.4 Å². The minimum atomic E-state index is -0.568. The van der Waals surface area contributed by atoms with E-state index in [1.807, 2.05) is 52.0 Å². The van der Waals surface area contributed by atoms with Crippen molar-refractivity contribution in [3.05, 3.63) is 46.8 Å². The third kappa shape index (κ3) is 4.88. The fourth-order valence-electron chi connectivity index (χ4n) is 3.21. The Morgan fingerprint density at radius 1 is 1.24 bits per heavy atom. The third-order valence-electron chi connectivity index (χ3n) is 4.76. The van der Waals surface area contributed by atoms with Crippen LogP contribution in [0.4, 0.5) is 4.79 Å². The Balaban J connectivity index is 1.70. The van der Waals surface area contributed by atoms with Crippen LogP contribution in [0.3, 0.4) is 0 Å². The largest absolute Gasteiger partial charge is 0.497 e.